The third kappa shape index (κ3) is 5.51. The van der Waals surface area contributed by atoms with Gasteiger partial charge in [-0.15, -0.1) is 0 Å². The topological polar surface area (TPSA) is 29.1 Å². The van der Waals surface area contributed by atoms with E-state index >= 15 is 0 Å². The molecule has 0 atom stereocenters. The van der Waals surface area contributed by atoms with Crippen molar-refractivity contribution in [1.29, 1.82) is 0 Å². The van der Waals surface area contributed by atoms with Crippen LogP contribution in [-0.2, 0) is 4.79 Å². The van der Waals surface area contributed by atoms with E-state index in [-0.39, 0.29) is 17.5 Å². The summed E-state index contributed by atoms with van der Waals surface area (Å²) in [6.07, 6.45) is -2.15. The smallest absolute Gasteiger partial charge is 0.307 e. The van der Waals surface area contributed by atoms with Crippen LogP contribution in [0.25, 0.3) is 0 Å². The minimum Gasteiger partial charge on any atom is -0.307 e. The van der Waals surface area contributed by atoms with Crippen LogP contribution in [0.3, 0.4) is 0 Å². The van der Waals surface area contributed by atoms with Crippen LogP contribution in [0.1, 0.15) is 59.8 Å². The van der Waals surface area contributed by atoms with Gasteiger partial charge in [0.1, 0.15) is 0 Å². The molecule has 2 nitrogen and oxygen atoms in total. The average Bonchev–Trinajstić information content (AvgIpc) is 2.10. The Hall–Kier alpha value is -0.580. The molecule has 1 heterocycles. The number of Topliss-reactive ketones (excluding diaryl/α,β-unsaturated/α-hetero) is 1. The molecule has 112 valence electrons. The van der Waals surface area contributed by atoms with Gasteiger partial charge in [0.2, 0.25) is 5.78 Å². The maximum absolute atomic E-state index is 12.1. The van der Waals surface area contributed by atoms with Gasteiger partial charge in [-0.05, 0) is 59.3 Å². The summed E-state index contributed by atoms with van der Waals surface area (Å²) in [5.41, 5.74) is 0.000898. The summed E-state index contributed by atoms with van der Waals surface area (Å²) in [4.78, 5) is 10.8. The lowest BCUT2D eigenvalue weighted by molar-refractivity contribution is -0.171. The highest BCUT2D eigenvalue weighted by Crippen LogP contribution is 2.35. The van der Waals surface area contributed by atoms with Crippen LogP contribution in [0.15, 0.2) is 0 Å². The molecular formula is C14H24F3NO. The van der Waals surface area contributed by atoms with Gasteiger partial charge in [0.25, 0.3) is 0 Å². The lowest BCUT2D eigenvalue weighted by Gasteiger charge is -2.46. The van der Waals surface area contributed by atoms with E-state index in [9.17, 15) is 18.0 Å². The number of rotatable bonds is 4. The number of carbonyl (C=O) groups excluding carboxylic acids is 1. The normalized spacial score (nSPS) is 23.3. The molecular weight excluding hydrogens is 255 g/mol. The van der Waals surface area contributed by atoms with Crippen LogP contribution < -0.4 is 5.32 Å². The van der Waals surface area contributed by atoms with Gasteiger partial charge in [-0.2, -0.15) is 13.2 Å². The van der Waals surface area contributed by atoms with E-state index in [4.69, 9.17) is 0 Å². The molecule has 0 radical (unpaired) electrons. The summed E-state index contributed by atoms with van der Waals surface area (Å²) in [5, 5.41) is 3.54. The summed E-state index contributed by atoms with van der Waals surface area (Å²) in [7, 11) is 0. The number of piperidine rings is 1. The minimum atomic E-state index is -4.67. The predicted octanol–water partition coefficient (Wildman–Crippen LogP) is 3.84. The second kappa shape index (κ2) is 5.43. The molecule has 0 aromatic rings. The van der Waals surface area contributed by atoms with E-state index in [0.29, 0.717) is 18.8 Å². The molecule has 1 fully saturated rings. The van der Waals surface area contributed by atoms with Crippen LogP contribution >= 0.6 is 0 Å². The van der Waals surface area contributed by atoms with Gasteiger partial charge in [0.05, 0.1) is 0 Å². The van der Waals surface area contributed by atoms with Crippen molar-refractivity contribution in [2.24, 2.45) is 5.92 Å². The zero-order valence-corrected chi connectivity index (χ0v) is 12.2. The number of carbonyl (C=O) groups is 1. The van der Waals surface area contributed by atoms with Gasteiger partial charge in [0.15, 0.2) is 0 Å². The SMILES string of the molecule is CC1(C)CC(CCCC(=O)C(F)(F)F)CC(C)(C)N1. The monoisotopic (exact) mass is 279 g/mol. The second-order valence-corrected chi connectivity index (χ2v) is 6.98. The molecule has 0 aromatic carbocycles. The van der Waals surface area contributed by atoms with E-state index in [0.717, 1.165) is 12.8 Å². The predicted molar refractivity (Wildman–Crippen MR) is 68.9 cm³/mol. The van der Waals surface area contributed by atoms with Gasteiger partial charge in [-0.1, -0.05) is 0 Å². The zero-order valence-electron chi connectivity index (χ0n) is 12.2. The number of hydrogen-bond acceptors (Lipinski definition) is 2. The van der Waals surface area contributed by atoms with Crippen LogP contribution in [0.4, 0.5) is 13.2 Å². The Morgan fingerprint density at radius 1 is 1.16 bits per heavy atom. The Labute approximate surface area is 113 Å². The maximum Gasteiger partial charge on any atom is 0.449 e. The van der Waals surface area contributed by atoms with Crippen molar-refractivity contribution < 1.29 is 18.0 Å². The first-order valence-electron chi connectivity index (χ1n) is 6.81. The maximum atomic E-state index is 12.1. The molecule has 0 unspecified atom stereocenters. The summed E-state index contributed by atoms with van der Waals surface area (Å²) in [6.45, 7) is 8.45. The quantitative estimate of drug-likeness (QED) is 0.847. The van der Waals surface area contributed by atoms with Crippen molar-refractivity contribution in [3.8, 4) is 0 Å². The zero-order chi connectivity index (χ0) is 14.9. The summed E-state index contributed by atoms with van der Waals surface area (Å²) in [5.74, 6) is -1.22. The van der Waals surface area contributed by atoms with E-state index in [1.165, 1.54) is 0 Å². The molecule has 5 heteroatoms. The molecule has 0 aromatic heterocycles. The third-order valence-electron chi connectivity index (χ3n) is 3.61. The highest BCUT2D eigenvalue weighted by molar-refractivity contribution is 5.83. The Morgan fingerprint density at radius 2 is 1.63 bits per heavy atom. The standard InChI is InChI=1S/C14H24F3NO/c1-12(2)8-10(9-13(3,4)18-12)6-5-7-11(19)14(15,16)17/h10,18H,5-9H2,1-4H3. The fourth-order valence-corrected chi connectivity index (χ4v) is 3.43. The number of alkyl halides is 3. The first-order chi connectivity index (χ1) is 8.41. The molecule has 1 aliphatic rings. The van der Waals surface area contributed by atoms with Crippen molar-refractivity contribution in [2.45, 2.75) is 77.1 Å². The van der Waals surface area contributed by atoms with E-state index in [2.05, 4.69) is 33.0 Å². The van der Waals surface area contributed by atoms with Crippen LogP contribution in [0, 0.1) is 5.92 Å². The first-order valence-corrected chi connectivity index (χ1v) is 6.81. The van der Waals surface area contributed by atoms with E-state index in [1.807, 2.05) is 0 Å². The Bertz CT molecular complexity index is 318. The largest absolute Gasteiger partial charge is 0.449 e. The molecule has 1 aliphatic heterocycles. The van der Waals surface area contributed by atoms with Crippen molar-refractivity contribution in [2.75, 3.05) is 0 Å². The van der Waals surface area contributed by atoms with E-state index < -0.39 is 12.0 Å². The number of nitrogens with one attached hydrogen (secondary N) is 1. The third-order valence-corrected chi connectivity index (χ3v) is 3.61. The minimum absolute atomic E-state index is 0.000449. The van der Waals surface area contributed by atoms with Crippen molar-refractivity contribution in [3.05, 3.63) is 0 Å². The molecule has 0 amide bonds. The fourth-order valence-electron chi connectivity index (χ4n) is 3.43. The van der Waals surface area contributed by atoms with Crippen LogP contribution in [0.2, 0.25) is 0 Å². The average molecular weight is 279 g/mol. The molecule has 1 rings (SSSR count). The molecule has 0 aliphatic carbocycles. The molecule has 0 saturated carbocycles. The summed E-state index contributed by atoms with van der Waals surface area (Å²) >= 11 is 0. The number of ketones is 1. The summed E-state index contributed by atoms with van der Waals surface area (Å²) < 4.78 is 36.3. The van der Waals surface area contributed by atoms with Crippen molar-refractivity contribution in [3.63, 3.8) is 0 Å². The number of hydrogen-bond donors (Lipinski definition) is 1. The highest BCUT2D eigenvalue weighted by Gasteiger charge is 2.39. The lowest BCUT2D eigenvalue weighted by Crippen LogP contribution is -2.57. The lowest BCUT2D eigenvalue weighted by atomic mass is 9.74. The van der Waals surface area contributed by atoms with Crippen molar-refractivity contribution in [1.82, 2.24) is 5.32 Å². The van der Waals surface area contributed by atoms with Crippen LogP contribution in [0.5, 0.6) is 0 Å². The van der Waals surface area contributed by atoms with Gasteiger partial charge in [-0.25, -0.2) is 0 Å². The first kappa shape index (κ1) is 16.5. The van der Waals surface area contributed by atoms with Gasteiger partial charge in [-0.3, -0.25) is 4.79 Å². The van der Waals surface area contributed by atoms with Crippen molar-refractivity contribution >= 4 is 5.78 Å². The van der Waals surface area contributed by atoms with Crippen LogP contribution in [-0.4, -0.2) is 23.0 Å². The molecule has 19 heavy (non-hydrogen) atoms. The fraction of sp³-hybridized carbons (Fsp3) is 0.929. The molecule has 1 saturated heterocycles. The Balaban J connectivity index is 2.43. The Kier molecular flexibility index (Phi) is 4.71. The van der Waals surface area contributed by atoms with E-state index in [1.54, 1.807) is 0 Å². The molecule has 0 spiro atoms. The van der Waals surface area contributed by atoms with Gasteiger partial charge >= 0.3 is 6.18 Å². The second-order valence-electron chi connectivity index (χ2n) is 6.98. The Morgan fingerprint density at radius 3 is 2.05 bits per heavy atom. The summed E-state index contributed by atoms with van der Waals surface area (Å²) in [6, 6.07) is 0. The van der Waals surface area contributed by atoms with Gasteiger partial charge in [0, 0.05) is 17.5 Å². The van der Waals surface area contributed by atoms with Gasteiger partial charge < -0.3 is 5.32 Å². The highest BCUT2D eigenvalue weighted by atomic mass is 19.4. The molecule has 1 N–H and O–H groups in total. The molecule has 0 bridgehead atoms. The number of halogens is 3.